The summed E-state index contributed by atoms with van der Waals surface area (Å²) in [5, 5.41) is 16.9. The number of pyridine rings is 2. The van der Waals surface area contributed by atoms with Crippen LogP contribution in [0.3, 0.4) is 0 Å². The number of ketones is 1. The molecule has 0 aliphatic rings. The highest BCUT2D eigenvalue weighted by molar-refractivity contribution is 6.31. The average molecular weight is 285 g/mol. The van der Waals surface area contributed by atoms with E-state index in [0.717, 1.165) is 0 Å². The molecule has 5 nitrogen and oxygen atoms in total. The normalized spacial score (nSPS) is 8.60. The first kappa shape index (κ1) is 15.3. The summed E-state index contributed by atoms with van der Waals surface area (Å²) in [6, 6.07) is 8.72. The molecule has 2 aromatic rings. The zero-order chi connectivity index (χ0) is 15.0. The molecule has 0 radical (unpaired) electrons. The smallest absolute Gasteiger partial charge is 0.161 e. The van der Waals surface area contributed by atoms with E-state index in [9.17, 15) is 4.79 Å². The summed E-state index contributed by atoms with van der Waals surface area (Å²) in [5.74, 6) is -0.184. The number of rotatable bonds is 1. The van der Waals surface area contributed by atoms with Crippen LogP contribution in [0, 0.1) is 22.7 Å². The van der Waals surface area contributed by atoms with Crippen molar-refractivity contribution in [3.05, 3.63) is 58.6 Å². The van der Waals surface area contributed by atoms with Crippen LogP contribution in [0.25, 0.3) is 0 Å². The third-order valence-corrected chi connectivity index (χ3v) is 2.47. The van der Waals surface area contributed by atoms with E-state index in [4.69, 9.17) is 22.1 Å². The van der Waals surface area contributed by atoms with E-state index in [2.05, 4.69) is 9.97 Å². The molecular formula is C14H9ClN4O. The van der Waals surface area contributed by atoms with Gasteiger partial charge < -0.3 is 0 Å². The molecule has 0 aromatic carbocycles. The Morgan fingerprint density at radius 3 is 2.40 bits per heavy atom. The Labute approximate surface area is 121 Å². The van der Waals surface area contributed by atoms with Crippen molar-refractivity contribution in [1.82, 2.24) is 9.97 Å². The molecule has 2 rings (SSSR count). The van der Waals surface area contributed by atoms with Crippen LogP contribution in [-0.4, -0.2) is 15.8 Å². The number of nitrogens with zero attached hydrogens (tertiary/aromatic N) is 4. The molecule has 0 amide bonds. The fourth-order valence-corrected chi connectivity index (χ4v) is 1.47. The number of hydrogen-bond donors (Lipinski definition) is 0. The lowest BCUT2D eigenvalue weighted by molar-refractivity contribution is 0.101. The first-order valence-electron chi connectivity index (χ1n) is 5.45. The Morgan fingerprint density at radius 1 is 1.25 bits per heavy atom. The van der Waals surface area contributed by atoms with E-state index in [0.29, 0.717) is 11.1 Å². The summed E-state index contributed by atoms with van der Waals surface area (Å²) < 4.78 is 0. The van der Waals surface area contributed by atoms with Crippen LogP contribution < -0.4 is 0 Å². The third kappa shape index (κ3) is 4.16. The molecule has 0 saturated heterocycles. The lowest BCUT2D eigenvalue weighted by Crippen LogP contribution is -1.98. The minimum atomic E-state index is -0.184. The van der Waals surface area contributed by atoms with E-state index in [1.54, 1.807) is 18.3 Å². The maximum absolute atomic E-state index is 10.9. The van der Waals surface area contributed by atoms with Gasteiger partial charge in [-0.15, -0.1) is 0 Å². The largest absolute Gasteiger partial charge is 0.294 e. The summed E-state index contributed by atoms with van der Waals surface area (Å²) in [4.78, 5) is 18.4. The van der Waals surface area contributed by atoms with Gasteiger partial charge in [0.15, 0.2) is 5.78 Å². The molecule has 98 valence electrons. The number of halogens is 1. The van der Waals surface area contributed by atoms with Crippen molar-refractivity contribution in [2.75, 3.05) is 0 Å². The van der Waals surface area contributed by atoms with Gasteiger partial charge in [0.1, 0.15) is 22.9 Å². The van der Waals surface area contributed by atoms with Gasteiger partial charge in [0.05, 0.1) is 5.56 Å². The van der Waals surface area contributed by atoms with Crippen molar-refractivity contribution in [2.45, 2.75) is 6.92 Å². The summed E-state index contributed by atoms with van der Waals surface area (Å²) in [5.41, 5.74) is 1.07. The van der Waals surface area contributed by atoms with E-state index in [1.807, 2.05) is 12.1 Å². The quantitative estimate of drug-likeness (QED) is 0.593. The van der Waals surface area contributed by atoms with E-state index < -0.39 is 0 Å². The third-order valence-electron chi connectivity index (χ3n) is 2.19. The second-order valence-electron chi connectivity index (χ2n) is 3.55. The van der Waals surface area contributed by atoms with Gasteiger partial charge in [-0.1, -0.05) is 11.6 Å². The topological polar surface area (TPSA) is 90.4 Å². The Balaban J connectivity index is 0.000000217. The first-order valence-corrected chi connectivity index (χ1v) is 5.83. The minimum Gasteiger partial charge on any atom is -0.294 e. The van der Waals surface area contributed by atoms with Gasteiger partial charge >= 0.3 is 0 Å². The summed E-state index contributed by atoms with van der Waals surface area (Å²) in [7, 11) is 0. The number of Topliss-reactive ketones (excluding diaryl/α,β-unsaturated/α-hetero) is 1. The number of nitriles is 2. The molecule has 0 bridgehead atoms. The lowest BCUT2D eigenvalue weighted by atomic mass is 10.1. The van der Waals surface area contributed by atoms with Crippen molar-refractivity contribution >= 4 is 17.4 Å². The fourth-order valence-electron chi connectivity index (χ4n) is 1.26. The Kier molecular flexibility index (Phi) is 5.83. The number of aromatic nitrogens is 2. The van der Waals surface area contributed by atoms with E-state index >= 15 is 0 Å². The summed E-state index contributed by atoms with van der Waals surface area (Å²) in [6.45, 7) is 1.38. The molecule has 0 N–H and O–H groups in total. The van der Waals surface area contributed by atoms with Crippen LogP contribution in [-0.2, 0) is 0 Å². The SMILES string of the molecule is CC(=O)c1ccnc(Cl)c1C#N.N#Cc1cccnc1. The van der Waals surface area contributed by atoms with Gasteiger partial charge in [-0.05, 0) is 25.1 Å². The van der Waals surface area contributed by atoms with Crippen molar-refractivity contribution in [3.63, 3.8) is 0 Å². The second-order valence-corrected chi connectivity index (χ2v) is 3.90. The average Bonchev–Trinajstić information content (AvgIpc) is 2.48. The van der Waals surface area contributed by atoms with Crippen LogP contribution in [0.15, 0.2) is 36.8 Å². The van der Waals surface area contributed by atoms with Crippen LogP contribution in [0.1, 0.15) is 28.4 Å². The Morgan fingerprint density at radius 2 is 2.00 bits per heavy atom. The Hall–Kier alpha value is -2.76. The summed E-state index contributed by atoms with van der Waals surface area (Å²) >= 11 is 5.59. The predicted molar refractivity (Wildman–Crippen MR) is 72.9 cm³/mol. The second kappa shape index (κ2) is 7.63. The van der Waals surface area contributed by atoms with Crippen molar-refractivity contribution in [3.8, 4) is 12.1 Å². The number of carbonyl (C=O) groups excluding carboxylic acids is 1. The molecule has 0 aliphatic heterocycles. The molecule has 0 aliphatic carbocycles. The van der Waals surface area contributed by atoms with Gasteiger partial charge in [-0.3, -0.25) is 9.78 Å². The molecule has 6 heteroatoms. The van der Waals surface area contributed by atoms with Crippen molar-refractivity contribution < 1.29 is 4.79 Å². The predicted octanol–water partition coefficient (Wildman–Crippen LogP) is 2.76. The Bertz CT molecular complexity index is 687. The van der Waals surface area contributed by atoms with Crippen molar-refractivity contribution in [1.29, 1.82) is 10.5 Å². The highest BCUT2D eigenvalue weighted by Crippen LogP contribution is 2.16. The summed E-state index contributed by atoms with van der Waals surface area (Å²) in [6.07, 6.45) is 4.57. The molecule has 0 saturated carbocycles. The lowest BCUT2D eigenvalue weighted by Gasteiger charge is -1.98. The van der Waals surface area contributed by atoms with E-state index in [-0.39, 0.29) is 16.5 Å². The van der Waals surface area contributed by atoms with E-state index in [1.165, 1.54) is 25.4 Å². The molecule has 2 aromatic heterocycles. The standard InChI is InChI=1S/C8H5ClN2O.C6H4N2/c1-5(12)6-2-3-11-8(9)7(6)4-10;7-4-6-2-1-3-8-5-6/h2-3H,1H3;1-3,5H. The fraction of sp³-hybridized carbons (Fsp3) is 0.0714. The molecule has 0 atom stereocenters. The van der Waals surface area contributed by atoms with Gasteiger partial charge in [-0.2, -0.15) is 10.5 Å². The molecular weight excluding hydrogens is 276 g/mol. The van der Waals surface area contributed by atoms with Crippen LogP contribution in [0.4, 0.5) is 0 Å². The molecule has 0 spiro atoms. The first-order chi connectivity index (χ1) is 9.60. The highest BCUT2D eigenvalue weighted by Gasteiger charge is 2.10. The maximum atomic E-state index is 10.9. The molecule has 2 heterocycles. The van der Waals surface area contributed by atoms with Crippen LogP contribution >= 0.6 is 11.6 Å². The van der Waals surface area contributed by atoms with Gasteiger partial charge in [0.25, 0.3) is 0 Å². The van der Waals surface area contributed by atoms with Crippen molar-refractivity contribution in [2.24, 2.45) is 0 Å². The molecule has 20 heavy (non-hydrogen) atoms. The van der Waals surface area contributed by atoms with Gasteiger partial charge in [0.2, 0.25) is 0 Å². The number of carbonyl (C=O) groups is 1. The highest BCUT2D eigenvalue weighted by atomic mass is 35.5. The zero-order valence-electron chi connectivity index (χ0n) is 10.5. The monoisotopic (exact) mass is 284 g/mol. The zero-order valence-corrected chi connectivity index (χ0v) is 11.3. The maximum Gasteiger partial charge on any atom is 0.161 e. The van der Waals surface area contributed by atoms with Crippen LogP contribution in [0.2, 0.25) is 5.15 Å². The van der Waals surface area contributed by atoms with Gasteiger partial charge in [-0.25, -0.2) is 4.98 Å². The van der Waals surface area contributed by atoms with Crippen LogP contribution in [0.5, 0.6) is 0 Å². The molecule has 0 unspecified atom stereocenters. The minimum absolute atomic E-state index is 0.0743. The van der Waals surface area contributed by atoms with Gasteiger partial charge in [0, 0.05) is 24.2 Å². The number of hydrogen-bond acceptors (Lipinski definition) is 5. The molecule has 0 fully saturated rings.